The number of rotatable bonds is 8. The molecule has 0 aromatic heterocycles. The molecule has 26 heavy (non-hydrogen) atoms. The van der Waals surface area contributed by atoms with Crippen molar-refractivity contribution >= 4 is 24.2 Å². The number of nitrogens with one attached hydrogen (secondary N) is 1. The smallest absolute Gasteiger partial charge is 0.251 e. The summed E-state index contributed by atoms with van der Waals surface area (Å²) in [5.41, 5.74) is 6.93. The molecule has 2 aliphatic rings. The zero-order valence-corrected chi connectivity index (χ0v) is 15.4. The summed E-state index contributed by atoms with van der Waals surface area (Å²) in [6.07, 6.45) is 0.669. The fourth-order valence-electron chi connectivity index (χ4n) is 2.88. The van der Waals surface area contributed by atoms with Crippen LogP contribution in [0.4, 0.5) is 0 Å². The van der Waals surface area contributed by atoms with Crippen LogP contribution in [0.2, 0.25) is 0 Å². The van der Waals surface area contributed by atoms with Crippen molar-refractivity contribution in [1.29, 1.82) is 0 Å². The second kappa shape index (κ2) is 9.32. The molecule has 2 amide bonds. The van der Waals surface area contributed by atoms with Crippen LogP contribution in [0.15, 0.2) is 30.3 Å². The van der Waals surface area contributed by atoms with Gasteiger partial charge in [-0.3, -0.25) is 9.59 Å². The Kier molecular flexibility index (Phi) is 7.40. The molecule has 8 heteroatoms. The van der Waals surface area contributed by atoms with Crippen molar-refractivity contribution in [2.45, 2.75) is 50.2 Å². The first-order chi connectivity index (χ1) is 12.0. The molecule has 1 aliphatic carbocycles. The Labute approximate surface area is 159 Å². The van der Waals surface area contributed by atoms with Crippen molar-refractivity contribution in [3.63, 3.8) is 0 Å². The predicted molar refractivity (Wildman–Crippen MR) is 98.6 cm³/mol. The number of hydrogen-bond acceptors (Lipinski definition) is 5. The van der Waals surface area contributed by atoms with Gasteiger partial charge in [0.2, 0.25) is 0 Å². The molecular formula is C18H26ClN3O4. The molecule has 0 bridgehead atoms. The Morgan fingerprint density at radius 3 is 2.65 bits per heavy atom. The van der Waals surface area contributed by atoms with E-state index in [4.69, 9.17) is 10.5 Å². The number of benzene rings is 1. The van der Waals surface area contributed by atoms with Gasteiger partial charge in [-0.2, -0.15) is 0 Å². The molecule has 0 spiro atoms. The van der Waals surface area contributed by atoms with Gasteiger partial charge in [0.1, 0.15) is 12.2 Å². The van der Waals surface area contributed by atoms with Gasteiger partial charge in [0.05, 0.1) is 12.6 Å². The number of aliphatic hydroxyl groups excluding tert-OH is 1. The minimum absolute atomic E-state index is 0. The van der Waals surface area contributed by atoms with Crippen LogP contribution in [0.3, 0.4) is 0 Å². The maximum atomic E-state index is 12.4. The number of ether oxygens (including phenoxy) is 1. The number of likely N-dealkylation sites (tertiary alicyclic amines) is 1. The van der Waals surface area contributed by atoms with Gasteiger partial charge in [-0.1, -0.05) is 30.3 Å². The van der Waals surface area contributed by atoms with Crippen molar-refractivity contribution < 1.29 is 19.4 Å². The third kappa shape index (κ3) is 5.41. The van der Waals surface area contributed by atoms with Crippen molar-refractivity contribution in [1.82, 2.24) is 10.2 Å². The summed E-state index contributed by atoms with van der Waals surface area (Å²) in [6.45, 7) is 1.04. The van der Waals surface area contributed by atoms with Crippen LogP contribution >= 0.6 is 12.4 Å². The molecule has 2 fully saturated rings. The lowest BCUT2D eigenvalue weighted by atomic mass is 10.1. The Morgan fingerprint density at radius 1 is 1.31 bits per heavy atom. The fraction of sp³-hybridized carbons (Fsp3) is 0.556. The number of carbonyl (C=O) groups is 2. The van der Waals surface area contributed by atoms with Gasteiger partial charge >= 0.3 is 0 Å². The van der Waals surface area contributed by atoms with Crippen LogP contribution in [0.5, 0.6) is 0 Å². The van der Waals surface area contributed by atoms with Crippen LogP contribution in [-0.4, -0.2) is 59.2 Å². The lowest BCUT2D eigenvalue weighted by molar-refractivity contribution is -0.139. The maximum absolute atomic E-state index is 12.4. The Balaban J connectivity index is 0.00000243. The van der Waals surface area contributed by atoms with Crippen molar-refractivity contribution in [2.75, 3.05) is 13.1 Å². The SMILES string of the molecule is Cl.N[C@@H](CN1CC[C@H](OCc2ccccc2)C1=O)C(O)C(=O)NC1CC1. The third-order valence-corrected chi connectivity index (χ3v) is 4.57. The molecule has 1 saturated carbocycles. The number of amides is 2. The quantitative estimate of drug-likeness (QED) is 0.594. The molecular weight excluding hydrogens is 358 g/mol. The first kappa shape index (κ1) is 20.6. The average molecular weight is 384 g/mol. The molecule has 1 aromatic rings. The molecule has 1 heterocycles. The van der Waals surface area contributed by atoms with Gasteiger partial charge in [-0.15, -0.1) is 12.4 Å². The van der Waals surface area contributed by atoms with Gasteiger partial charge in [-0.05, 0) is 18.4 Å². The van der Waals surface area contributed by atoms with Gasteiger partial charge < -0.3 is 25.8 Å². The maximum Gasteiger partial charge on any atom is 0.251 e. The van der Waals surface area contributed by atoms with E-state index in [9.17, 15) is 14.7 Å². The summed E-state index contributed by atoms with van der Waals surface area (Å²) in [4.78, 5) is 25.8. The zero-order chi connectivity index (χ0) is 17.8. The van der Waals surface area contributed by atoms with Crippen LogP contribution in [0.25, 0.3) is 0 Å². The highest BCUT2D eigenvalue weighted by atomic mass is 35.5. The van der Waals surface area contributed by atoms with E-state index in [0.717, 1.165) is 18.4 Å². The predicted octanol–water partition coefficient (Wildman–Crippen LogP) is 0.193. The highest BCUT2D eigenvalue weighted by molar-refractivity contribution is 5.85. The molecule has 1 saturated heterocycles. The molecule has 3 atom stereocenters. The van der Waals surface area contributed by atoms with Crippen molar-refractivity contribution in [3.05, 3.63) is 35.9 Å². The van der Waals surface area contributed by atoms with Crippen LogP contribution < -0.4 is 11.1 Å². The van der Waals surface area contributed by atoms with Crippen LogP contribution in [0.1, 0.15) is 24.8 Å². The first-order valence-corrected chi connectivity index (χ1v) is 8.73. The number of halogens is 1. The second-order valence-corrected chi connectivity index (χ2v) is 6.75. The van der Waals surface area contributed by atoms with Gasteiger partial charge in [0, 0.05) is 25.6 Å². The summed E-state index contributed by atoms with van der Waals surface area (Å²) in [5.74, 6) is -0.597. The third-order valence-electron chi connectivity index (χ3n) is 4.57. The summed E-state index contributed by atoms with van der Waals surface area (Å²) in [5, 5.41) is 12.7. The van der Waals surface area contributed by atoms with Crippen LogP contribution in [0, 0.1) is 0 Å². The first-order valence-electron chi connectivity index (χ1n) is 8.73. The molecule has 1 unspecified atom stereocenters. The zero-order valence-electron chi connectivity index (χ0n) is 14.5. The topological polar surface area (TPSA) is 105 Å². The van der Waals surface area contributed by atoms with Gasteiger partial charge in [0.15, 0.2) is 0 Å². The molecule has 4 N–H and O–H groups in total. The summed E-state index contributed by atoms with van der Waals surface area (Å²) < 4.78 is 5.71. The second-order valence-electron chi connectivity index (χ2n) is 6.75. The normalized spacial score (nSPS) is 21.8. The molecule has 7 nitrogen and oxygen atoms in total. The van der Waals surface area contributed by atoms with Gasteiger partial charge in [-0.25, -0.2) is 0 Å². The van der Waals surface area contributed by atoms with Crippen molar-refractivity contribution in [2.24, 2.45) is 5.73 Å². The minimum atomic E-state index is -1.31. The number of aliphatic hydroxyl groups is 1. The summed E-state index contributed by atoms with van der Waals surface area (Å²) in [6, 6.07) is 9.03. The molecule has 3 rings (SSSR count). The Hall–Kier alpha value is -1.67. The molecule has 0 radical (unpaired) electrons. The Bertz CT molecular complexity index is 612. The lowest BCUT2D eigenvalue weighted by Crippen LogP contribution is -2.52. The van der Waals surface area contributed by atoms with Gasteiger partial charge in [0.25, 0.3) is 11.8 Å². The molecule has 144 valence electrons. The van der Waals surface area contributed by atoms with E-state index in [1.54, 1.807) is 4.90 Å². The van der Waals surface area contributed by atoms with E-state index in [1.807, 2.05) is 30.3 Å². The lowest BCUT2D eigenvalue weighted by Gasteiger charge is -2.24. The highest BCUT2D eigenvalue weighted by Crippen LogP contribution is 2.19. The van der Waals surface area contributed by atoms with E-state index >= 15 is 0 Å². The van der Waals surface area contributed by atoms with E-state index in [-0.39, 0.29) is 30.9 Å². The fourth-order valence-corrected chi connectivity index (χ4v) is 2.88. The number of hydrogen-bond donors (Lipinski definition) is 3. The summed E-state index contributed by atoms with van der Waals surface area (Å²) in [7, 11) is 0. The van der Waals surface area contributed by atoms with Crippen molar-refractivity contribution in [3.8, 4) is 0 Å². The average Bonchev–Trinajstić information content (AvgIpc) is 3.37. The van der Waals surface area contributed by atoms with E-state index in [1.165, 1.54) is 0 Å². The van der Waals surface area contributed by atoms with E-state index in [0.29, 0.717) is 19.6 Å². The number of nitrogens with two attached hydrogens (primary N) is 1. The number of nitrogens with zero attached hydrogens (tertiary/aromatic N) is 1. The highest BCUT2D eigenvalue weighted by Gasteiger charge is 2.36. The Morgan fingerprint density at radius 2 is 2.00 bits per heavy atom. The minimum Gasteiger partial charge on any atom is -0.382 e. The largest absolute Gasteiger partial charge is 0.382 e. The van der Waals surface area contributed by atoms with E-state index in [2.05, 4.69) is 5.32 Å². The van der Waals surface area contributed by atoms with Crippen LogP contribution in [-0.2, 0) is 20.9 Å². The van der Waals surface area contributed by atoms with E-state index < -0.39 is 24.2 Å². The summed E-state index contributed by atoms with van der Waals surface area (Å²) >= 11 is 0. The molecule has 1 aromatic carbocycles. The molecule has 1 aliphatic heterocycles. The monoisotopic (exact) mass is 383 g/mol. The number of carbonyl (C=O) groups excluding carboxylic acids is 2. The standard InChI is InChI=1S/C18H25N3O4.ClH/c19-14(16(22)17(23)20-13-6-7-13)10-21-9-8-15(18(21)24)25-11-12-4-2-1-3-5-12;/h1-5,13-16,22H,6-11,19H2,(H,20,23);1H/t14-,15-,16?;/m0./s1.